The van der Waals surface area contributed by atoms with Crippen LogP contribution in [0.3, 0.4) is 0 Å². The molecule has 1 heterocycles. The van der Waals surface area contributed by atoms with E-state index in [0.29, 0.717) is 11.3 Å². The van der Waals surface area contributed by atoms with E-state index in [1.54, 1.807) is 36.5 Å². The van der Waals surface area contributed by atoms with Gasteiger partial charge in [0.1, 0.15) is 0 Å². The largest absolute Gasteiger partial charge is 0.478 e. The molecule has 0 bridgehead atoms. The van der Waals surface area contributed by atoms with Crippen LogP contribution in [0.2, 0.25) is 0 Å². The van der Waals surface area contributed by atoms with Crippen molar-refractivity contribution in [3.8, 4) is 0 Å². The topological polar surface area (TPSA) is 50.2 Å². The summed E-state index contributed by atoms with van der Waals surface area (Å²) in [5, 5.41) is 9.19. The van der Waals surface area contributed by atoms with Crippen LogP contribution in [-0.4, -0.2) is 16.1 Å². The molecule has 0 aliphatic heterocycles. The Morgan fingerprint density at radius 3 is 2.35 bits per heavy atom. The lowest BCUT2D eigenvalue weighted by atomic mass is 10.0. The van der Waals surface area contributed by atoms with Gasteiger partial charge in [0.25, 0.3) is 0 Å². The Hall–Kier alpha value is -2.42. The maximum Gasteiger partial charge on any atom is 0.336 e. The molecular weight excluding hydrogens is 214 g/mol. The minimum absolute atomic E-state index is 0.240. The molecule has 0 atom stereocenters. The molecule has 0 radical (unpaired) electrons. The Kier molecular flexibility index (Phi) is 3.31. The average molecular weight is 225 g/mol. The van der Waals surface area contributed by atoms with E-state index in [2.05, 4.69) is 4.98 Å². The van der Waals surface area contributed by atoms with Gasteiger partial charge < -0.3 is 5.11 Å². The number of rotatable bonds is 3. The van der Waals surface area contributed by atoms with Crippen LogP contribution in [0.15, 0.2) is 54.7 Å². The Morgan fingerprint density at radius 1 is 1.06 bits per heavy atom. The van der Waals surface area contributed by atoms with Crippen LogP contribution in [0.25, 0.3) is 11.6 Å². The van der Waals surface area contributed by atoms with Gasteiger partial charge in [-0.2, -0.15) is 0 Å². The third-order valence-electron chi connectivity index (χ3n) is 2.30. The van der Waals surface area contributed by atoms with Crippen molar-refractivity contribution in [1.82, 2.24) is 4.98 Å². The second-order valence-corrected chi connectivity index (χ2v) is 3.48. The fourth-order valence-electron chi connectivity index (χ4n) is 1.50. The maximum absolute atomic E-state index is 11.2. The standard InChI is InChI=1S/C14H11NO2/c16-14(17)13(11-6-2-1-3-7-11)10-12-8-4-5-9-15-12/h1-10H,(H,16,17). The molecule has 0 unspecified atom stereocenters. The van der Waals surface area contributed by atoms with Crippen molar-refractivity contribution in [2.75, 3.05) is 0 Å². The molecule has 0 aliphatic carbocycles. The Balaban J connectivity index is 2.44. The molecule has 2 rings (SSSR count). The highest BCUT2D eigenvalue weighted by atomic mass is 16.4. The maximum atomic E-state index is 11.2. The molecule has 3 nitrogen and oxygen atoms in total. The summed E-state index contributed by atoms with van der Waals surface area (Å²) in [7, 11) is 0. The minimum atomic E-state index is -0.957. The quantitative estimate of drug-likeness (QED) is 0.817. The van der Waals surface area contributed by atoms with Crippen LogP contribution < -0.4 is 0 Å². The van der Waals surface area contributed by atoms with E-state index in [1.165, 1.54) is 0 Å². The van der Waals surface area contributed by atoms with E-state index in [1.807, 2.05) is 24.3 Å². The van der Waals surface area contributed by atoms with Crippen LogP contribution in [-0.2, 0) is 4.79 Å². The minimum Gasteiger partial charge on any atom is -0.478 e. The first kappa shape index (κ1) is 11.1. The average Bonchev–Trinajstić information content (AvgIpc) is 2.38. The number of benzene rings is 1. The monoisotopic (exact) mass is 225 g/mol. The van der Waals surface area contributed by atoms with Crippen molar-refractivity contribution in [3.05, 3.63) is 66.0 Å². The van der Waals surface area contributed by atoms with Crippen LogP contribution in [0.5, 0.6) is 0 Å². The summed E-state index contributed by atoms with van der Waals surface area (Å²) < 4.78 is 0. The van der Waals surface area contributed by atoms with E-state index in [0.717, 1.165) is 0 Å². The number of hydrogen-bond acceptors (Lipinski definition) is 2. The van der Waals surface area contributed by atoms with Crippen molar-refractivity contribution in [2.45, 2.75) is 0 Å². The normalized spacial score (nSPS) is 11.2. The Morgan fingerprint density at radius 2 is 1.76 bits per heavy atom. The second kappa shape index (κ2) is 5.07. The van der Waals surface area contributed by atoms with E-state index < -0.39 is 5.97 Å². The zero-order chi connectivity index (χ0) is 12.1. The summed E-state index contributed by atoms with van der Waals surface area (Å²) >= 11 is 0. The molecule has 1 aromatic heterocycles. The van der Waals surface area contributed by atoms with Gasteiger partial charge in [-0.3, -0.25) is 4.98 Å². The summed E-state index contributed by atoms with van der Waals surface area (Å²) in [6.07, 6.45) is 3.20. The molecule has 0 fully saturated rings. The van der Waals surface area contributed by atoms with Crippen LogP contribution >= 0.6 is 0 Å². The molecule has 1 N–H and O–H groups in total. The number of aliphatic carboxylic acids is 1. The fraction of sp³-hybridized carbons (Fsp3) is 0. The highest BCUT2D eigenvalue weighted by Crippen LogP contribution is 2.17. The van der Waals surface area contributed by atoms with Gasteiger partial charge in [0.05, 0.1) is 11.3 Å². The van der Waals surface area contributed by atoms with Crippen molar-refractivity contribution < 1.29 is 9.90 Å². The number of nitrogens with zero attached hydrogens (tertiary/aromatic N) is 1. The summed E-state index contributed by atoms with van der Waals surface area (Å²) in [6, 6.07) is 14.4. The fourth-order valence-corrected chi connectivity index (χ4v) is 1.50. The predicted molar refractivity (Wildman–Crippen MR) is 66.2 cm³/mol. The first-order valence-electron chi connectivity index (χ1n) is 5.19. The Bertz CT molecular complexity index is 533. The van der Waals surface area contributed by atoms with Crippen molar-refractivity contribution in [3.63, 3.8) is 0 Å². The van der Waals surface area contributed by atoms with E-state index in [9.17, 15) is 9.90 Å². The molecule has 0 amide bonds. The lowest BCUT2D eigenvalue weighted by Gasteiger charge is -2.02. The molecule has 84 valence electrons. The Labute approximate surface area is 99.1 Å². The SMILES string of the molecule is O=C(O)C(=Cc1ccccn1)c1ccccc1. The molecule has 0 aliphatic rings. The molecule has 1 aromatic carbocycles. The number of aromatic nitrogens is 1. The highest BCUT2D eigenvalue weighted by molar-refractivity contribution is 6.20. The number of hydrogen-bond donors (Lipinski definition) is 1. The van der Waals surface area contributed by atoms with Gasteiger partial charge in [0, 0.05) is 6.20 Å². The van der Waals surface area contributed by atoms with E-state index in [4.69, 9.17) is 0 Å². The van der Waals surface area contributed by atoms with Gasteiger partial charge in [-0.15, -0.1) is 0 Å². The van der Waals surface area contributed by atoms with E-state index in [-0.39, 0.29) is 5.57 Å². The third kappa shape index (κ3) is 2.78. The smallest absolute Gasteiger partial charge is 0.336 e. The molecule has 3 heteroatoms. The molecule has 17 heavy (non-hydrogen) atoms. The second-order valence-electron chi connectivity index (χ2n) is 3.48. The van der Waals surface area contributed by atoms with Crippen molar-refractivity contribution >= 4 is 17.6 Å². The predicted octanol–water partition coefficient (Wildman–Crippen LogP) is 2.71. The van der Waals surface area contributed by atoms with Gasteiger partial charge in [0.2, 0.25) is 0 Å². The van der Waals surface area contributed by atoms with Crippen LogP contribution in [0.4, 0.5) is 0 Å². The number of carboxylic acid groups (broad SMARTS) is 1. The van der Waals surface area contributed by atoms with Gasteiger partial charge in [-0.05, 0) is 23.8 Å². The van der Waals surface area contributed by atoms with Crippen LogP contribution in [0, 0.1) is 0 Å². The molecule has 2 aromatic rings. The molecule has 0 saturated heterocycles. The third-order valence-corrected chi connectivity index (χ3v) is 2.30. The first-order valence-corrected chi connectivity index (χ1v) is 5.19. The summed E-state index contributed by atoms with van der Waals surface area (Å²) in [5.74, 6) is -0.957. The zero-order valence-electron chi connectivity index (χ0n) is 9.08. The zero-order valence-corrected chi connectivity index (χ0v) is 9.08. The van der Waals surface area contributed by atoms with Gasteiger partial charge in [-0.1, -0.05) is 36.4 Å². The van der Waals surface area contributed by atoms with Gasteiger partial charge >= 0.3 is 5.97 Å². The summed E-state index contributed by atoms with van der Waals surface area (Å²) in [6.45, 7) is 0. The van der Waals surface area contributed by atoms with Crippen molar-refractivity contribution in [2.24, 2.45) is 0 Å². The lowest BCUT2D eigenvalue weighted by Crippen LogP contribution is -1.99. The van der Waals surface area contributed by atoms with Crippen LogP contribution in [0.1, 0.15) is 11.3 Å². The van der Waals surface area contributed by atoms with Crippen molar-refractivity contribution in [1.29, 1.82) is 0 Å². The summed E-state index contributed by atoms with van der Waals surface area (Å²) in [5.41, 5.74) is 1.55. The van der Waals surface area contributed by atoms with Gasteiger partial charge in [-0.25, -0.2) is 4.79 Å². The number of carbonyl (C=O) groups is 1. The number of carboxylic acids is 1. The highest BCUT2D eigenvalue weighted by Gasteiger charge is 2.09. The van der Waals surface area contributed by atoms with Gasteiger partial charge in [0.15, 0.2) is 0 Å². The lowest BCUT2D eigenvalue weighted by molar-refractivity contribution is -0.130. The molecular formula is C14H11NO2. The summed E-state index contributed by atoms with van der Waals surface area (Å²) in [4.78, 5) is 15.3. The van der Waals surface area contributed by atoms with E-state index >= 15 is 0 Å². The number of pyridine rings is 1. The molecule has 0 spiro atoms. The first-order chi connectivity index (χ1) is 8.27. The molecule has 0 saturated carbocycles.